The van der Waals surface area contributed by atoms with E-state index in [4.69, 9.17) is 4.74 Å². The highest BCUT2D eigenvalue weighted by Gasteiger charge is 2.21. The average Bonchev–Trinajstić information content (AvgIpc) is 2.41. The lowest BCUT2D eigenvalue weighted by Crippen LogP contribution is -2.42. The number of thioether (sulfide) groups is 1. The van der Waals surface area contributed by atoms with Crippen LogP contribution in [0, 0.1) is 0 Å². The molecule has 0 amide bonds. The Morgan fingerprint density at radius 1 is 1.41 bits per heavy atom. The molecule has 1 saturated heterocycles. The monoisotopic (exact) mass is 261 g/mol. The first kappa shape index (κ1) is 15.3. The van der Waals surface area contributed by atoms with Crippen molar-refractivity contribution in [2.24, 2.45) is 0 Å². The van der Waals surface area contributed by atoms with Gasteiger partial charge in [-0.2, -0.15) is 11.8 Å². The molecule has 1 N–H and O–H groups in total. The van der Waals surface area contributed by atoms with Crippen LogP contribution in [0.5, 0.6) is 0 Å². The van der Waals surface area contributed by atoms with E-state index in [1.54, 1.807) is 0 Å². The maximum atomic E-state index is 10.0. The molecule has 0 aromatic heterocycles. The molecule has 1 aliphatic heterocycles. The van der Waals surface area contributed by atoms with Crippen LogP contribution >= 0.6 is 11.8 Å². The zero-order valence-corrected chi connectivity index (χ0v) is 12.4. The molecule has 102 valence electrons. The summed E-state index contributed by atoms with van der Waals surface area (Å²) >= 11 is 2.01. The molecule has 0 saturated carbocycles. The number of hydrogen-bond donors (Lipinski definition) is 1. The Kier molecular flexibility index (Phi) is 6.27. The minimum atomic E-state index is -0.375. The van der Waals surface area contributed by atoms with E-state index in [1.165, 1.54) is 17.9 Å². The lowest BCUT2D eigenvalue weighted by Gasteiger charge is -2.30. The van der Waals surface area contributed by atoms with Crippen LogP contribution in [0.2, 0.25) is 0 Å². The minimum absolute atomic E-state index is 0.165. The molecule has 0 unspecified atom stereocenters. The van der Waals surface area contributed by atoms with Crippen LogP contribution in [0.1, 0.15) is 34.1 Å². The predicted octanol–water partition coefficient (Wildman–Crippen LogP) is 1.99. The predicted molar refractivity (Wildman–Crippen MR) is 74.7 cm³/mol. The van der Waals surface area contributed by atoms with E-state index in [1.807, 2.05) is 32.5 Å². The fourth-order valence-electron chi connectivity index (χ4n) is 1.88. The first-order valence-electron chi connectivity index (χ1n) is 6.52. The van der Waals surface area contributed by atoms with Crippen molar-refractivity contribution in [3.05, 3.63) is 0 Å². The van der Waals surface area contributed by atoms with Gasteiger partial charge in [0, 0.05) is 24.9 Å². The number of hydrogen-bond acceptors (Lipinski definition) is 4. The maximum Gasteiger partial charge on any atom is 0.0900 e. The van der Waals surface area contributed by atoms with Gasteiger partial charge in [-0.25, -0.2) is 0 Å². The second-order valence-electron chi connectivity index (χ2n) is 5.82. The van der Waals surface area contributed by atoms with Crippen molar-refractivity contribution in [1.29, 1.82) is 0 Å². The molecular formula is C13H27NO2S. The molecule has 1 rings (SSSR count). The van der Waals surface area contributed by atoms with Gasteiger partial charge in [-0.1, -0.05) is 0 Å². The van der Waals surface area contributed by atoms with Crippen molar-refractivity contribution < 1.29 is 9.84 Å². The molecule has 1 aliphatic rings. The van der Waals surface area contributed by atoms with Crippen LogP contribution < -0.4 is 0 Å². The van der Waals surface area contributed by atoms with Gasteiger partial charge in [-0.05, 0) is 39.9 Å². The van der Waals surface area contributed by atoms with Gasteiger partial charge in [0.2, 0.25) is 0 Å². The van der Waals surface area contributed by atoms with Crippen LogP contribution in [0.4, 0.5) is 0 Å². The topological polar surface area (TPSA) is 32.7 Å². The summed E-state index contributed by atoms with van der Waals surface area (Å²) in [5.74, 6) is 2.42. The molecule has 0 aromatic carbocycles. The molecule has 1 fully saturated rings. The average molecular weight is 261 g/mol. The normalized spacial score (nSPS) is 25.6. The lowest BCUT2D eigenvalue weighted by molar-refractivity contribution is -0.0579. The highest BCUT2D eigenvalue weighted by atomic mass is 32.2. The molecule has 3 nitrogen and oxygen atoms in total. The SMILES string of the molecule is C[C@H]1CCSCCN1C[C@@H](O)COC(C)(C)C. The first-order valence-corrected chi connectivity index (χ1v) is 7.68. The van der Waals surface area contributed by atoms with Gasteiger partial charge in [0.15, 0.2) is 0 Å². The fraction of sp³-hybridized carbons (Fsp3) is 1.00. The van der Waals surface area contributed by atoms with Gasteiger partial charge >= 0.3 is 0 Å². The highest BCUT2D eigenvalue weighted by Crippen LogP contribution is 2.16. The largest absolute Gasteiger partial charge is 0.389 e. The van der Waals surface area contributed by atoms with E-state index in [9.17, 15) is 5.11 Å². The summed E-state index contributed by atoms with van der Waals surface area (Å²) < 4.78 is 5.62. The van der Waals surface area contributed by atoms with Crippen molar-refractivity contribution in [2.45, 2.75) is 51.9 Å². The number of nitrogens with zero attached hydrogens (tertiary/aromatic N) is 1. The Balaban J connectivity index is 2.30. The summed E-state index contributed by atoms with van der Waals surface area (Å²) in [6.45, 7) is 10.6. The van der Waals surface area contributed by atoms with Crippen molar-refractivity contribution in [2.75, 3.05) is 31.2 Å². The summed E-state index contributed by atoms with van der Waals surface area (Å²) in [7, 11) is 0. The molecule has 0 bridgehead atoms. The zero-order chi connectivity index (χ0) is 12.9. The van der Waals surface area contributed by atoms with Gasteiger partial charge in [-0.3, -0.25) is 4.90 Å². The Hall–Kier alpha value is 0.230. The third kappa shape index (κ3) is 6.65. The van der Waals surface area contributed by atoms with Crippen LogP contribution in [0.3, 0.4) is 0 Å². The molecule has 0 radical (unpaired) electrons. The van der Waals surface area contributed by atoms with Crippen molar-refractivity contribution >= 4 is 11.8 Å². The number of aliphatic hydroxyl groups is 1. The van der Waals surface area contributed by atoms with E-state index in [0.717, 1.165) is 13.1 Å². The molecule has 17 heavy (non-hydrogen) atoms. The van der Waals surface area contributed by atoms with Gasteiger partial charge in [0.25, 0.3) is 0 Å². The maximum absolute atomic E-state index is 10.0. The third-order valence-corrected chi connectivity index (χ3v) is 3.98. The summed E-state index contributed by atoms with van der Waals surface area (Å²) in [5.41, 5.74) is -0.165. The Bertz CT molecular complexity index is 218. The number of rotatable bonds is 4. The number of aliphatic hydroxyl groups excluding tert-OH is 1. The Morgan fingerprint density at radius 3 is 2.76 bits per heavy atom. The van der Waals surface area contributed by atoms with E-state index in [-0.39, 0.29) is 11.7 Å². The fourth-order valence-corrected chi connectivity index (χ4v) is 2.96. The molecule has 4 heteroatoms. The molecule has 0 aliphatic carbocycles. The molecular weight excluding hydrogens is 234 g/mol. The Morgan fingerprint density at radius 2 is 2.12 bits per heavy atom. The van der Waals surface area contributed by atoms with Gasteiger partial charge < -0.3 is 9.84 Å². The van der Waals surface area contributed by atoms with Crippen molar-refractivity contribution in [3.63, 3.8) is 0 Å². The summed E-state index contributed by atoms with van der Waals surface area (Å²) in [4.78, 5) is 2.39. The summed E-state index contributed by atoms with van der Waals surface area (Å²) in [5, 5.41) is 10.0. The van der Waals surface area contributed by atoms with Gasteiger partial charge in [-0.15, -0.1) is 0 Å². The second kappa shape index (κ2) is 6.98. The molecule has 0 aromatic rings. The lowest BCUT2D eigenvalue weighted by atomic mass is 10.2. The molecule has 0 spiro atoms. The van der Waals surface area contributed by atoms with Crippen LogP contribution in [-0.4, -0.2) is 59.0 Å². The van der Waals surface area contributed by atoms with Crippen molar-refractivity contribution in [3.8, 4) is 0 Å². The van der Waals surface area contributed by atoms with Crippen LogP contribution in [0.15, 0.2) is 0 Å². The number of ether oxygens (including phenoxy) is 1. The minimum Gasteiger partial charge on any atom is -0.389 e. The standard InChI is InChI=1S/C13H27NO2S/c1-11-5-7-17-8-6-14(11)9-12(15)10-16-13(2,3)4/h11-12,15H,5-10H2,1-4H3/t11-,12+/m0/s1. The van der Waals surface area contributed by atoms with Crippen LogP contribution in [0.25, 0.3) is 0 Å². The van der Waals surface area contributed by atoms with E-state index < -0.39 is 0 Å². The first-order chi connectivity index (χ1) is 7.88. The van der Waals surface area contributed by atoms with E-state index in [2.05, 4.69) is 11.8 Å². The highest BCUT2D eigenvalue weighted by molar-refractivity contribution is 7.99. The van der Waals surface area contributed by atoms with E-state index >= 15 is 0 Å². The Labute approximate surface area is 110 Å². The molecule has 1 heterocycles. The smallest absolute Gasteiger partial charge is 0.0900 e. The summed E-state index contributed by atoms with van der Waals surface area (Å²) in [6.07, 6.45) is 0.845. The zero-order valence-electron chi connectivity index (χ0n) is 11.6. The molecule has 2 atom stereocenters. The quantitative estimate of drug-likeness (QED) is 0.839. The van der Waals surface area contributed by atoms with Gasteiger partial charge in [0.05, 0.1) is 18.3 Å². The summed E-state index contributed by atoms with van der Waals surface area (Å²) in [6, 6.07) is 0.578. The van der Waals surface area contributed by atoms with Crippen molar-refractivity contribution in [1.82, 2.24) is 4.90 Å². The van der Waals surface area contributed by atoms with Crippen LogP contribution in [-0.2, 0) is 4.74 Å². The second-order valence-corrected chi connectivity index (χ2v) is 7.05. The van der Waals surface area contributed by atoms with Gasteiger partial charge in [0.1, 0.15) is 0 Å². The third-order valence-electron chi connectivity index (χ3n) is 2.98. The number of β-amino-alcohol motifs (C(OH)–C–C–N with tert-alkyl or cyclic N) is 1. The van der Waals surface area contributed by atoms with E-state index in [0.29, 0.717) is 12.6 Å².